The van der Waals surface area contributed by atoms with Crippen LogP contribution >= 0.6 is 11.6 Å². The number of benzene rings is 2. The number of amides is 1. The predicted molar refractivity (Wildman–Crippen MR) is 107 cm³/mol. The summed E-state index contributed by atoms with van der Waals surface area (Å²) in [5, 5.41) is 10.4. The molecule has 2 aliphatic rings. The highest BCUT2D eigenvalue weighted by atomic mass is 35.5. The highest BCUT2D eigenvalue weighted by molar-refractivity contribution is 6.31. The molecule has 2 aromatic carbocycles. The summed E-state index contributed by atoms with van der Waals surface area (Å²) < 4.78 is 11.6. The fraction of sp³-hybridized carbons (Fsp3) is 0.273. The first-order valence-corrected chi connectivity index (χ1v) is 9.88. The van der Waals surface area contributed by atoms with E-state index in [0.29, 0.717) is 34.7 Å². The van der Waals surface area contributed by atoms with Crippen molar-refractivity contribution in [2.24, 2.45) is 0 Å². The van der Waals surface area contributed by atoms with Crippen molar-refractivity contribution in [3.8, 4) is 5.75 Å². The number of fused-ring (bicyclic) bond motifs is 2. The van der Waals surface area contributed by atoms with Crippen molar-refractivity contribution in [3.63, 3.8) is 0 Å². The van der Waals surface area contributed by atoms with E-state index in [9.17, 15) is 14.7 Å². The van der Waals surface area contributed by atoms with Crippen LogP contribution in [0.5, 0.6) is 5.75 Å². The van der Waals surface area contributed by atoms with Gasteiger partial charge in [0.15, 0.2) is 5.43 Å². The van der Waals surface area contributed by atoms with Gasteiger partial charge in [-0.15, -0.1) is 0 Å². The Kier molecular flexibility index (Phi) is 4.33. The smallest absolute Gasteiger partial charge is 0.291 e. The highest BCUT2D eigenvalue weighted by Gasteiger charge is 2.43. The third-order valence-electron chi connectivity index (χ3n) is 5.56. The summed E-state index contributed by atoms with van der Waals surface area (Å²) in [5.41, 5.74) is 1.08. The topological polar surface area (TPSA) is 80.0 Å². The molecule has 1 aromatic heterocycles. The van der Waals surface area contributed by atoms with Crippen LogP contribution in [0.25, 0.3) is 11.0 Å². The molecule has 3 aromatic rings. The highest BCUT2D eigenvalue weighted by Crippen LogP contribution is 2.39. The first-order valence-electron chi connectivity index (χ1n) is 9.50. The molecule has 0 radical (unpaired) electrons. The molecular formula is C22H18ClNO5. The van der Waals surface area contributed by atoms with Gasteiger partial charge in [-0.3, -0.25) is 9.59 Å². The van der Waals surface area contributed by atoms with E-state index in [1.165, 1.54) is 0 Å². The van der Waals surface area contributed by atoms with Crippen molar-refractivity contribution < 1.29 is 19.1 Å². The lowest BCUT2D eigenvalue weighted by Gasteiger charge is -2.27. The molecule has 2 atom stereocenters. The van der Waals surface area contributed by atoms with Crippen LogP contribution in [0, 0.1) is 0 Å². The molecule has 0 spiro atoms. The van der Waals surface area contributed by atoms with Gasteiger partial charge in [-0.25, -0.2) is 0 Å². The van der Waals surface area contributed by atoms with Crippen molar-refractivity contribution in [2.75, 3.05) is 13.2 Å². The first kappa shape index (κ1) is 18.2. The van der Waals surface area contributed by atoms with Gasteiger partial charge in [0.05, 0.1) is 23.1 Å². The van der Waals surface area contributed by atoms with Gasteiger partial charge in [-0.05, 0) is 48.7 Å². The van der Waals surface area contributed by atoms with E-state index in [2.05, 4.69) is 0 Å². The maximum atomic E-state index is 13.4. The normalized spacial score (nSPS) is 21.1. The quantitative estimate of drug-likeness (QED) is 0.707. The van der Waals surface area contributed by atoms with E-state index >= 15 is 0 Å². The number of carbonyl (C=O) groups is 1. The fourth-order valence-electron chi connectivity index (χ4n) is 4.19. The van der Waals surface area contributed by atoms with E-state index in [4.69, 9.17) is 20.8 Å². The summed E-state index contributed by atoms with van der Waals surface area (Å²) >= 11 is 6.08. The molecule has 1 fully saturated rings. The van der Waals surface area contributed by atoms with Crippen LogP contribution in [0.15, 0.2) is 51.7 Å². The first-order chi connectivity index (χ1) is 14.0. The summed E-state index contributed by atoms with van der Waals surface area (Å²) in [6.07, 6.45) is 1.73. The summed E-state index contributed by atoms with van der Waals surface area (Å²) in [6.45, 7) is 1.04. The minimum absolute atomic E-state index is 0.0564. The van der Waals surface area contributed by atoms with Crippen molar-refractivity contribution in [3.05, 3.63) is 74.6 Å². The van der Waals surface area contributed by atoms with Gasteiger partial charge in [0.1, 0.15) is 11.3 Å². The van der Waals surface area contributed by atoms with E-state index in [1.807, 2.05) is 0 Å². The Hall–Kier alpha value is -2.83. The minimum Gasteiger partial charge on any atom is -0.508 e. The molecule has 2 aliphatic heterocycles. The number of halogens is 1. The van der Waals surface area contributed by atoms with Crippen LogP contribution < -0.4 is 5.43 Å². The van der Waals surface area contributed by atoms with Crippen LogP contribution in [0.1, 0.15) is 40.6 Å². The number of nitrogens with zero attached hydrogens (tertiary/aromatic N) is 1. The second-order valence-corrected chi connectivity index (χ2v) is 7.84. The standard InChI is InChI=1S/C22H18ClNO5/c23-13-5-8-17-16(10-13)20(26)18-19(12-3-6-14(25)7-4-12)24(22(27)21(18)29-17)11-15-2-1-9-28-15/h3-8,10,15,19,25H,1-2,9,11H2/t15-,19-/m0/s1. The van der Waals surface area contributed by atoms with Crippen molar-refractivity contribution in [1.29, 1.82) is 0 Å². The van der Waals surface area contributed by atoms with Crippen molar-refractivity contribution in [1.82, 2.24) is 4.90 Å². The molecule has 0 bridgehead atoms. The maximum Gasteiger partial charge on any atom is 0.291 e. The van der Waals surface area contributed by atoms with E-state index in [1.54, 1.807) is 47.4 Å². The number of rotatable bonds is 3. The number of aromatic hydroxyl groups is 1. The molecule has 7 heteroatoms. The number of carbonyl (C=O) groups excluding carboxylic acids is 1. The van der Waals surface area contributed by atoms with Crippen LogP contribution in [0.4, 0.5) is 0 Å². The number of phenolic OH excluding ortho intramolecular Hbond substituents is 1. The molecule has 148 valence electrons. The van der Waals surface area contributed by atoms with Gasteiger partial charge < -0.3 is 19.2 Å². The number of ether oxygens (including phenoxy) is 1. The third-order valence-corrected chi connectivity index (χ3v) is 5.80. The van der Waals surface area contributed by atoms with Crippen LogP contribution in [0.2, 0.25) is 5.02 Å². The van der Waals surface area contributed by atoms with Gasteiger partial charge in [-0.2, -0.15) is 0 Å². The molecule has 0 unspecified atom stereocenters. The Morgan fingerprint density at radius 1 is 1.14 bits per heavy atom. The molecule has 1 saturated heterocycles. The molecule has 0 saturated carbocycles. The molecular weight excluding hydrogens is 394 g/mol. The predicted octanol–water partition coefficient (Wildman–Crippen LogP) is 3.88. The molecule has 1 N–H and O–H groups in total. The molecule has 29 heavy (non-hydrogen) atoms. The lowest BCUT2D eigenvalue weighted by atomic mass is 9.98. The molecule has 1 amide bonds. The summed E-state index contributed by atoms with van der Waals surface area (Å²) in [4.78, 5) is 28.3. The van der Waals surface area contributed by atoms with Crippen LogP contribution in [0.3, 0.4) is 0 Å². The summed E-state index contributed by atoms with van der Waals surface area (Å²) in [7, 11) is 0. The van der Waals surface area contributed by atoms with E-state index in [0.717, 1.165) is 18.4 Å². The zero-order chi connectivity index (χ0) is 20.1. The number of phenols is 1. The molecule has 6 nitrogen and oxygen atoms in total. The fourth-order valence-corrected chi connectivity index (χ4v) is 4.36. The number of hydrogen-bond donors (Lipinski definition) is 1. The molecule has 5 rings (SSSR count). The average Bonchev–Trinajstić information content (AvgIpc) is 3.32. The zero-order valence-corrected chi connectivity index (χ0v) is 16.2. The number of hydrogen-bond acceptors (Lipinski definition) is 5. The monoisotopic (exact) mass is 411 g/mol. The van der Waals surface area contributed by atoms with Crippen molar-refractivity contribution >= 4 is 28.5 Å². The van der Waals surface area contributed by atoms with E-state index in [-0.39, 0.29) is 28.9 Å². The molecule has 0 aliphatic carbocycles. The Labute approximate surface area is 171 Å². The summed E-state index contributed by atoms with van der Waals surface area (Å²) in [6, 6.07) is 10.7. The maximum absolute atomic E-state index is 13.4. The second kappa shape index (κ2) is 6.90. The summed E-state index contributed by atoms with van der Waals surface area (Å²) in [5.74, 6) is -0.162. The van der Waals surface area contributed by atoms with Gasteiger partial charge in [0.25, 0.3) is 5.91 Å². The SMILES string of the molecule is O=C1c2oc3ccc(Cl)cc3c(=O)c2[C@H](c2ccc(O)cc2)N1C[C@@H]1CCCO1. The lowest BCUT2D eigenvalue weighted by molar-refractivity contribution is 0.0486. The Morgan fingerprint density at radius 2 is 1.93 bits per heavy atom. The van der Waals surface area contributed by atoms with Crippen LogP contribution in [-0.4, -0.2) is 35.2 Å². The van der Waals surface area contributed by atoms with Gasteiger partial charge in [0, 0.05) is 18.2 Å². The third kappa shape index (κ3) is 2.99. The average molecular weight is 412 g/mol. The largest absolute Gasteiger partial charge is 0.508 e. The zero-order valence-electron chi connectivity index (χ0n) is 15.4. The van der Waals surface area contributed by atoms with Gasteiger partial charge >= 0.3 is 0 Å². The van der Waals surface area contributed by atoms with Gasteiger partial charge in [0.2, 0.25) is 5.76 Å². The van der Waals surface area contributed by atoms with Crippen LogP contribution in [-0.2, 0) is 4.74 Å². The molecule has 3 heterocycles. The van der Waals surface area contributed by atoms with E-state index < -0.39 is 6.04 Å². The van der Waals surface area contributed by atoms with Gasteiger partial charge in [-0.1, -0.05) is 23.7 Å². The minimum atomic E-state index is -0.609. The lowest BCUT2D eigenvalue weighted by Crippen LogP contribution is -2.36. The second-order valence-electron chi connectivity index (χ2n) is 7.40. The Morgan fingerprint density at radius 3 is 2.66 bits per heavy atom. The Bertz CT molecular complexity index is 1160. The van der Waals surface area contributed by atoms with Crippen molar-refractivity contribution in [2.45, 2.75) is 25.0 Å². The Balaban J connectivity index is 1.71.